The van der Waals surface area contributed by atoms with Gasteiger partial charge in [-0.2, -0.15) is 0 Å². The number of urea groups is 1. The fraction of sp³-hybridized carbons (Fsp3) is 0.357. The van der Waals surface area contributed by atoms with Crippen molar-refractivity contribution >= 4 is 17.7 Å². The Hall–Kier alpha value is -2.57. The van der Waals surface area contributed by atoms with Gasteiger partial charge in [-0.1, -0.05) is 0 Å². The highest BCUT2D eigenvalue weighted by atomic mass is 16.5. The number of hydrogen-bond acceptors (Lipinski definition) is 5. The van der Waals surface area contributed by atoms with Crippen LogP contribution in [0.25, 0.3) is 0 Å². The predicted molar refractivity (Wildman–Crippen MR) is 80.6 cm³/mol. The molecule has 0 aliphatic carbocycles. The van der Waals surface area contributed by atoms with Crippen molar-refractivity contribution in [3.63, 3.8) is 0 Å². The SMILES string of the molecule is C/N=C(C1=CC(C(=O)OC)NC=C1)\C(C)=C(/C)NC(N)=O. The van der Waals surface area contributed by atoms with Crippen molar-refractivity contribution in [1.82, 2.24) is 10.6 Å². The van der Waals surface area contributed by atoms with E-state index in [1.165, 1.54) is 7.11 Å². The van der Waals surface area contributed by atoms with Gasteiger partial charge in [0.1, 0.15) is 6.04 Å². The number of esters is 1. The number of dihydropyridines is 1. The van der Waals surface area contributed by atoms with Crippen LogP contribution in [0.5, 0.6) is 0 Å². The lowest BCUT2D eigenvalue weighted by molar-refractivity contribution is -0.141. The lowest BCUT2D eigenvalue weighted by atomic mass is 9.98. The van der Waals surface area contributed by atoms with E-state index in [0.29, 0.717) is 11.4 Å². The molecule has 7 heteroatoms. The minimum absolute atomic E-state index is 0.388. The number of nitrogens with one attached hydrogen (secondary N) is 2. The van der Waals surface area contributed by atoms with Crippen LogP contribution in [-0.4, -0.2) is 37.9 Å². The van der Waals surface area contributed by atoms with Crippen LogP contribution in [0, 0.1) is 0 Å². The van der Waals surface area contributed by atoms with E-state index in [-0.39, 0.29) is 5.97 Å². The van der Waals surface area contributed by atoms with E-state index in [1.807, 2.05) is 6.92 Å². The maximum atomic E-state index is 11.6. The van der Waals surface area contributed by atoms with Crippen molar-refractivity contribution in [3.05, 3.63) is 35.2 Å². The normalized spacial score (nSPS) is 19.1. The molecule has 1 heterocycles. The van der Waals surface area contributed by atoms with Crippen LogP contribution in [-0.2, 0) is 9.53 Å². The number of nitrogens with zero attached hydrogens (tertiary/aromatic N) is 1. The van der Waals surface area contributed by atoms with Gasteiger partial charge in [-0.25, -0.2) is 9.59 Å². The quantitative estimate of drug-likeness (QED) is 0.521. The number of nitrogens with two attached hydrogens (primary N) is 1. The van der Waals surface area contributed by atoms with Crippen LogP contribution >= 0.6 is 0 Å². The van der Waals surface area contributed by atoms with Crippen LogP contribution in [0.3, 0.4) is 0 Å². The summed E-state index contributed by atoms with van der Waals surface area (Å²) >= 11 is 0. The Morgan fingerprint density at radius 2 is 2.10 bits per heavy atom. The van der Waals surface area contributed by atoms with E-state index in [9.17, 15) is 9.59 Å². The Balaban J connectivity index is 3.10. The third-order valence-corrected chi connectivity index (χ3v) is 3.07. The first-order valence-electron chi connectivity index (χ1n) is 6.34. The number of hydrogen-bond donors (Lipinski definition) is 3. The topological polar surface area (TPSA) is 106 Å². The number of allylic oxidation sites excluding steroid dienone is 4. The number of carbonyl (C=O) groups is 2. The summed E-state index contributed by atoms with van der Waals surface area (Å²) in [6, 6.07) is -1.20. The van der Waals surface area contributed by atoms with Gasteiger partial charge in [-0.15, -0.1) is 0 Å². The number of carbonyl (C=O) groups excluding carboxylic acids is 2. The number of amides is 2. The Labute approximate surface area is 123 Å². The molecule has 114 valence electrons. The maximum absolute atomic E-state index is 11.6. The van der Waals surface area contributed by atoms with Crippen LogP contribution in [0.2, 0.25) is 0 Å². The van der Waals surface area contributed by atoms with Gasteiger partial charge in [0, 0.05) is 18.3 Å². The first-order chi connectivity index (χ1) is 9.90. The molecule has 0 fully saturated rings. The summed E-state index contributed by atoms with van der Waals surface area (Å²) in [4.78, 5) is 26.7. The van der Waals surface area contributed by atoms with Gasteiger partial charge in [-0.3, -0.25) is 4.99 Å². The van der Waals surface area contributed by atoms with E-state index in [0.717, 1.165) is 11.1 Å². The van der Waals surface area contributed by atoms with Gasteiger partial charge >= 0.3 is 12.0 Å². The largest absolute Gasteiger partial charge is 0.467 e. The molecule has 0 saturated carbocycles. The Morgan fingerprint density at radius 1 is 1.43 bits per heavy atom. The minimum atomic E-state index is -0.635. The molecule has 0 bridgehead atoms. The van der Waals surface area contributed by atoms with Gasteiger partial charge in [0.15, 0.2) is 0 Å². The van der Waals surface area contributed by atoms with Gasteiger partial charge in [-0.05, 0) is 37.8 Å². The second-order valence-electron chi connectivity index (χ2n) is 4.43. The van der Waals surface area contributed by atoms with Crippen LogP contribution in [0.4, 0.5) is 4.79 Å². The molecule has 2 amide bonds. The van der Waals surface area contributed by atoms with E-state index in [4.69, 9.17) is 10.5 Å². The molecule has 7 nitrogen and oxygen atoms in total. The molecule has 0 radical (unpaired) electrons. The number of aliphatic imine (C=N–C) groups is 1. The zero-order chi connectivity index (χ0) is 16.0. The van der Waals surface area contributed by atoms with Gasteiger partial charge in [0.25, 0.3) is 0 Å². The molecule has 1 rings (SSSR count). The minimum Gasteiger partial charge on any atom is -0.467 e. The van der Waals surface area contributed by atoms with E-state index in [1.54, 1.807) is 32.3 Å². The summed E-state index contributed by atoms with van der Waals surface area (Å²) in [5.41, 5.74) is 7.89. The second-order valence-corrected chi connectivity index (χ2v) is 4.43. The Kier molecular flexibility index (Phi) is 5.71. The molecule has 0 saturated heterocycles. The summed E-state index contributed by atoms with van der Waals surface area (Å²) in [6.07, 6.45) is 5.17. The number of primary amides is 1. The van der Waals surface area contributed by atoms with Crippen LogP contribution in [0.1, 0.15) is 13.8 Å². The molecule has 0 aromatic heterocycles. The van der Waals surface area contributed by atoms with Crippen LogP contribution < -0.4 is 16.4 Å². The van der Waals surface area contributed by atoms with Crippen molar-refractivity contribution in [3.8, 4) is 0 Å². The molecule has 1 unspecified atom stereocenters. The van der Waals surface area contributed by atoms with Crippen molar-refractivity contribution in [1.29, 1.82) is 0 Å². The zero-order valence-electron chi connectivity index (χ0n) is 12.6. The molecule has 1 aliphatic heterocycles. The first-order valence-corrected chi connectivity index (χ1v) is 6.34. The van der Waals surface area contributed by atoms with Crippen molar-refractivity contribution in [2.75, 3.05) is 14.2 Å². The fourth-order valence-electron chi connectivity index (χ4n) is 1.92. The average molecular weight is 292 g/mol. The van der Waals surface area contributed by atoms with Gasteiger partial charge in [0.05, 0.1) is 12.8 Å². The molecular weight excluding hydrogens is 272 g/mol. The maximum Gasteiger partial charge on any atom is 0.332 e. The van der Waals surface area contributed by atoms with E-state index >= 15 is 0 Å². The molecule has 0 spiro atoms. The molecule has 1 atom stereocenters. The molecule has 1 aliphatic rings. The number of methoxy groups -OCH3 is 1. The molecule has 0 aromatic carbocycles. The van der Waals surface area contributed by atoms with Crippen LogP contribution in [0.15, 0.2) is 40.2 Å². The molecule has 0 aromatic rings. The second kappa shape index (κ2) is 7.28. The third kappa shape index (κ3) is 4.20. The smallest absolute Gasteiger partial charge is 0.332 e. The summed E-state index contributed by atoms with van der Waals surface area (Å²) in [7, 11) is 2.97. The predicted octanol–water partition coefficient (Wildman–Crippen LogP) is 0.604. The first kappa shape index (κ1) is 16.5. The number of ether oxygens (including phenoxy) is 1. The lowest BCUT2D eigenvalue weighted by Crippen LogP contribution is -2.35. The lowest BCUT2D eigenvalue weighted by Gasteiger charge is -2.19. The Bertz CT molecular complexity index is 559. The van der Waals surface area contributed by atoms with Crippen molar-refractivity contribution in [2.45, 2.75) is 19.9 Å². The highest BCUT2D eigenvalue weighted by Crippen LogP contribution is 2.16. The summed E-state index contributed by atoms with van der Waals surface area (Å²) in [5, 5.41) is 5.41. The highest BCUT2D eigenvalue weighted by molar-refractivity contribution is 6.14. The van der Waals surface area contributed by atoms with Gasteiger partial charge < -0.3 is 21.1 Å². The molecule has 21 heavy (non-hydrogen) atoms. The fourth-order valence-corrected chi connectivity index (χ4v) is 1.92. The number of rotatable bonds is 4. The molecular formula is C14H20N4O3. The Morgan fingerprint density at radius 3 is 2.62 bits per heavy atom. The average Bonchev–Trinajstić information content (AvgIpc) is 2.46. The van der Waals surface area contributed by atoms with E-state index in [2.05, 4.69) is 15.6 Å². The van der Waals surface area contributed by atoms with Crippen molar-refractivity contribution in [2.24, 2.45) is 10.7 Å². The zero-order valence-corrected chi connectivity index (χ0v) is 12.6. The molecule has 4 N–H and O–H groups in total. The summed E-state index contributed by atoms with van der Waals surface area (Å²) in [6.45, 7) is 3.55. The standard InChI is InChI=1S/C14H20N4O3/c1-8(9(2)18-14(15)20)12(16-3)10-5-6-17-11(7-10)13(19)21-4/h5-7,11,17H,1-4H3,(H3,15,18,20)/b9-8+,16-12+. The highest BCUT2D eigenvalue weighted by Gasteiger charge is 2.20. The summed E-state index contributed by atoms with van der Waals surface area (Å²) < 4.78 is 4.71. The van der Waals surface area contributed by atoms with Gasteiger partial charge in [0.2, 0.25) is 0 Å². The van der Waals surface area contributed by atoms with Crippen molar-refractivity contribution < 1.29 is 14.3 Å². The summed E-state index contributed by atoms with van der Waals surface area (Å²) in [5.74, 6) is -0.388. The third-order valence-electron chi connectivity index (χ3n) is 3.07. The van der Waals surface area contributed by atoms with E-state index < -0.39 is 12.1 Å². The monoisotopic (exact) mass is 292 g/mol.